The molecule has 5 rings (SSSR count). The van der Waals surface area contributed by atoms with Crippen molar-refractivity contribution in [1.29, 1.82) is 0 Å². The van der Waals surface area contributed by atoms with E-state index < -0.39 is 8.07 Å². The molecule has 0 radical (unpaired) electrons. The normalized spacial score (nSPS) is 14.6. The Bertz CT molecular complexity index is 1400. The van der Waals surface area contributed by atoms with Gasteiger partial charge in [-0.3, -0.25) is 0 Å². The van der Waals surface area contributed by atoms with Crippen LogP contribution in [0, 0.1) is 0 Å². The first-order valence-corrected chi connectivity index (χ1v) is 17.1. The number of nitrogens with zero attached hydrogens (tertiary/aromatic N) is 6. The molecule has 0 amide bonds. The van der Waals surface area contributed by atoms with Crippen molar-refractivity contribution in [1.82, 2.24) is 24.4 Å². The average molecular weight is 547 g/mol. The summed E-state index contributed by atoms with van der Waals surface area (Å²) in [6.45, 7) is 12.2. The van der Waals surface area contributed by atoms with Crippen molar-refractivity contribution in [3.05, 3.63) is 54.9 Å². The van der Waals surface area contributed by atoms with Gasteiger partial charge in [0.15, 0.2) is 5.65 Å². The lowest BCUT2D eigenvalue weighted by Crippen LogP contribution is -2.44. The molecule has 1 aliphatic heterocycles. The maximum absolute atomic E-state index is 6.20. The molecule has 1 aliphatic rings. The Morgan fingerprint density at radius 2 is 1.85 bits per heavy atom. The van der Waals surface area contributed by atoms with Gasteiger partial charge in [0.25, 0.3) is 0 Å². The molecule has 3 aromatic heterocycles. The number of rotatable bonds is 10. The number of hydrogen-bond acceptors (Lipinski definition) is 9. The summed E-state index contributed by atoms with van der Waals surface area (Å²) in [6.07, 6.45) is 3.77. The maximum Gasteiger partial charge on any atom is 0.233 e. The van der Waals surface area contributed by atoms with Crippen LogP contribution in [0.3, 0.4) is 0 Å². The Morgan fingerprint density at radius 1 is 1.03 bits per heavy atom. The standard InChI is InChI=1S/C28H38N8O2Si/c1-34-12-14-35(15-13-34)25-9-8-22(19-30-25)31-28-32-26-24(10-11-36(26)20-37-16-17-39(2,3)4)27(33-28)38-23-7-5-6-21(29)18-23/h5-11,18-19H,12-17,20,29H2,1-4H3,(H,31,32,33). The van der Waals surface area contributed by atoms with E-state index in [-0.39, 0.29) is 0 Å². The largest absolute Gasteiger partial charge is 0.438 e. The Hall–Kier alpha value is -3.67. The summed E-state index contributed by atoms with van der Waals surface area (Å²) in [5.74, 6) is 2.44. The third-order valence-electron chi connectivity index (χ3n) is 6.71. The molecule has 0 aliphatic carbocycles. The van der Waals surface area contributed by atoms with Crippen LogP contribution in [-0.2, 0) is 11.5 Å². The Kier molecular flexibility index (Phi) is 8.01. The van der Waals surface area contributed by atoms with Crippen molar-refractivity contribution in [2.45, 2.75) is 32.4 Å². The van der Waals surface area contributed by atoms with Gasteiger partial charge in [0, 0.05) is 58.8 Å². The molecule has 0 saturated carbocycles. The zero-order valence-corrected chi connectivity index (χ0v) is 24.2. The molecule has 0 unspecified atom stereocenters. The van der Waals surface area contributed by atoms with Gasteiger partial charge in [0.1, 0.15) is 18.3 Å². The highest BCUT2D eigenvalue weighted by Gasteiger charge is 2.17. The summed E-state index contributed by atoms with van der Waals surface area (Å²) < 4.78 is 14.2. The number of nitrogen functional groups attached to an aromatic ring is 1. The van der Waals surface area contributed by atoms with E-state index in [0.29, 0.717) is 30.0 Å². The van der Waals surface area contributed by atoms with Gasteiger partial charge in [0.2, 0.25) is 11.8 Å². The zero-order chi connectivity index (χ0) is 27.4. The van der Waals surface area contributed by atoms with E-state index in [1.54, 1.807) is 6.07 Å². The van der Waals surface area contributed by atoms with Crippen LogP contribution < -0.4 is 20.7 Å². The van der Waals surface area contributed by atoms with E-state index >= 15 is 0 Å². The van der Waals surface area contributed by atoms with Crippen molar-refractivity contribution in [3.63, 3.8) is 0 Å². The third kappa shape index (κ3) is 7.05. The topological polar surface area (TPSA) is 107 Å². The van der Waals surface area contributed by atoms with Crippen LogP contribution in [0.25, 0.3) is 11.0 Å². The minimum atomic E-state index is -1.17. The van der Waals surface area contributed by atoms with E-state index in [2.05, 4.69) is 46.8 Å². The summed E-state index contributed by atoms with van der Waals surface area (Å²) in [7, 11) is 0.976. The van der Waals surface area contributed by atoms with Gasteiger partial charge in [0.05, 0.1) is 17.3 Å². The van der Waals surface area contributed by atoms with Crippen molar-refractivity contribution in [3.8, 4) is 11.6 Å². The number of pyridine rings is 1. The second kappa shape index (κ2) is 11.6. The monoisotopic (exact) mass is 546 g/mol. The molecular formula is C28H38N8O2Si. The van der Waals surface area contributed by atoms with Crippen LogP contribution in [0.1, 0.15) is 0 Å². The fraction of sp³-hybridized carbons (Fsp3) is 0.393. The maximum atomic E-state index is 6.20. The number of anilines is 4. The second-order valence-corrected chi connectivity index (χ2v) is 16.8. The Labute approximate surface area is 230 Å². The van der Waals surface area contributed by atoms with Crippen LogP contribution in [-0.4, -0.2) is 72.3 Å². The highest BCUT2D eigenvalue weighted by atomic mass is 28.3. The smallest absolute Gasteiger partial charge is 0.233 e. The SMILES string of the molecule is CN1CCN(c2ccc(Nc3nc(Oc4cccc(N)c4)c4ccn(COCC[Si](C)(C)C)c4n3)cn2)CC1. The lowest BCUT2D eigenvalue weighted by atomic mass is 10.3. The summed E-state index contributed by atoms with van der Waals surface area (Å²) in [5, 5.41) is 4.10. The van der Waals surface area contributed by atoms with E-state index in [0.717, 1.165) is 61.4 Å². The number of hydrogen-bond donors (Lipinski definition) is 2. The first kappa shape index (κ1) is 26.9. The summed E-state index contributed by atoms with van der Waals surface area (Å²) in [5.41, 5.74) is 8.12. The minimum absolute atomic E-state index is 0.406. The lowest BCUT2D eigenvalue weighted by molar-refractivity contribution is 0.0899. The van der Waals surface area contributed by atoms with Crippen LogP contribution in [0.2, 0.25) is 25.7 Å². The summed E-state index contributed by atoms with van der Waals surface area (Å²) in [4.78, 5) is 18.8. The number of ether oxygens (including phenoxy) is 2. The van der Waals surface area contributed by atoms with Gasteiger partial charge in [-0.15, -0.1) is 0 Å². The molecule has 4 aromatic rings. The first-order chi connectivity index (χ1) is 18.7. The van der Waals surface area contributed by atoms with Crippen LogP contribution in [0.5, 0.6) is 11.6 Å². The molecule has 1 fully saturated rings. The first-order valence-electron chi connectivity index (χ1n) is 13.4. The Morgan fingerprint density at radius 3 is 2.56 bits per heavy atom. The number of nitrogens with two attached hydrogens (primary N) is 1. The second-order valence-electron chi connectivity index (χ2n) is 11.2. The highest BCUT2D eigenvalue weighted by Crippen LogP contribution is 2.31. The molecule has 10 nitrogen and oxygen atoms in total. The van der Waals surface area contributed by atoms with E-state index in [1.165, 1.54) is 0 Å². The Balaban J connectivity index is 1.39. The summed E-state index contributed by atoms with van der Waals surface area (Å²) >= 11 is 0. The van der Waals surface area contributed by atoms with Crippen LogP contribution in [0.4, 0.5) is 23.1 Å². The molecule has 4 heterocycles. The number of nitrogens with one attached hydrogen (secondary N) is 1. The predicted octanol–water partition coefficient (Wildman–Crippen LogP) is 5.01. The molecule has 206 valence electrons. The van der Waals surface area contributed by atoms with Crippen LogP contribution >= 0.6 is 0 Å². The van der Waals surface area contributed by atoms with Crippen LogP contribution in [0.15, 0.2) is 54.9 Å². The molecule has 0 bridgehead atoms. The number of benzene rings is 1. The van der Waals surface area contributed by atoms with E-state index in [1.807, 2.05) is 53.4 Å². The molecule has 3 N–H and O–H groups in total. The summed E-state index contributed by atoms with van der Waals surface area (Å²) in [6, 6.07) is 14.4. The van der Waals surface area contributed by atoms with E-state index in [4.69, 9.17) is 25.2 Å². The fourth-order valence-electron chi connectivity index (χ4n) is 4.32. The van der Waals surface area contributed by atoms with Crippen molar-refractivity contribution < 1.29 is 9.47 Å². The van der Waals surface area contributed by atoms with Gasteiger partial charge in [-0.25, -0.2) is 4.98 Å². The molecular weight excluding hydrogens is 508 g/mol. The highest BCUT2D eigenvalue weighted by molar-refractivity contribution is 6.76. The quantitative estimate of drug-likeness (QED) is 0.161. The molecule has 0 atom stereocenters. The molecule has 39 heavy (non-hydrogen) atoms. The molecule has 0 spiro atoms. The minimum Gasteiger partial charge on any atom is -0.438 e. The number of fused-ring (bicyclic) bond motifs is 1. The van der Waals surface area contributed by atoms with Gasteiger partial charge < -0.3 is 34.9 Å². The fourth-order valence-corrected chi connectivity index (χ4v) is 5.07. The molecule has 11 heteroatoms. The molecule has 1 aromatic carbocycles. The zero-order valence-electron chi connectivity index (χ0n) is 23.2. The lowest BCUT2D eigenvalue weighted by Gasteiger charge is -2.33. The third-order valence-corrected chi connectivity index (χ3v) is 8.42. The number of likely N-dealkylation sites (N-methyl/N-ethyl adjacent to an activating group) is 1. The van der Waals surface area contributed by atoms with Crippen molar-refractivity contribution in [2.75, 3.05) is 55.8 Å². The van der Waals surface area contributed by atoms with Crippen molar-refractivity contribution in [2.24, 2.45) is 0 Å². The average Bonchev–Trinajstić information content (AvgIpc) is 3.30. The van der Waals surface area contributed by atoms with Gasteiger partial charge in [-0.2, -0.15) is 9.97 Å². The van der Waals surface area contributed by atoms with Gasteiger partial charge in [-0.05, 0) is 43.4 Å². The molecule has 1 saturated heterocycles. The predicted molar refractivity (Wildman–Crippen MR) is 160 cm³/mol. The van der Waals surface area contributed by atoms with Gasteiger partial charge >= 0.3 is 0 Å². The number of aromatic nitrogens is 4. The van der Waals surface area contributed by atoms with E-state index in [9.17, 15) is 0 Å². The van der Waals surface area contributed by atoms with Crippen molar-refractivity contribution >= 4 is 42.2 Å². The number of piperazine rings is 1. The van der Waals surface area contributed by atoms with Gasteiger partial charge in [-0.1, -0.05) is 25.7 Å².